The van der Waals surface area contributed by atoms with Crippen LogP contribution in [0.2, 0.25) is 0 Å². The van der Waals surface area contributed by atoms with E-state index < -0.39 is 0 Å². The summed E-state index contributed by atoms with van der Waals surface area (Å²) in [6.07, 6.45) is 6.20. The molecule has 23 heavy (non-hydrogen) atoms. The molecule has 3 nitrogen and oxygen atoms in total. The summed E-state index contributed by atoms with van der Waals surface area (Å²) in [6, 6.07) is 0. The first-order valence-corrected chi connectivity index (χ1v) is 8.78. The summed E-state index contributed by atoms with van der Waals surface area (Å²) in [5, 5.41) is 0. The van der Waals surface area contributed by atoms with Gasteiger partial charge in [0.25, 0.3) is 0 Å². The lowest BCUT2D eigenvalue weighted by Crippen LogP contribution is -2.35. The van der Waals surface area contributed by atoms with Crippen LogP contribution < -0.4 is 0 Å². The molecular formula is C20H30O3. The smallest absolute Gasteiger partial charge is 0.220 e. The molecule has 2 aliphatic rings. The standard InChI is InChI=1S/C20H30O3/c1-12(2)14-8-7-13(3)9-18(14)23-19-11-16(21)15(10-17(19)22)20(4,5)6/h10-14,18H,7-9H2,1-6H3/t13-,14+,18-/m1/s1. The van der Waals surface area contributed by atoms with Crippen molar-refractivity contribution in [2.75, 3.05) is 0 Å². The molecule has 0 saturated heterocycles. The highest BCUT2D eigenvalue weighted by atomic mass is 16.5. The molecule has 0 aromatic carbocycles. The van der Waals surface area contributed by atoms with Crippen molar-refractivity contribution in [3.05, 3.63) is 23.5 Å². The monoisotopic (exact) mass is 318 g/mol. The van der Waals surface area contributed by atoms with Crippen molar-refractivity contribution in [2.45, 2.75) is 66.9 Å². The largest absolute Gasteiger partial charge is 0.486 e. The Labute approximate surface area is 140 Å². The number of rotatable bonds is 3. The van der Waals surface area contributed by atoms with Crippen molar-refractivity contribution in [3.8, 4) is 0 Å². The van der Waals surface area contributed by atoms with Crippen LogP contribution in [0.3, 0.4) is 0 Å². The van der Waals surface area contributed by atoms with Crippen molar-refractivity contribution in [3.63, 3.8) is 0 Å². The molecule has 1 saturated carbocycles. The summed E-state index contributed by atoms with van der Waals surface area (Å²) in [5.74, 6) is 1.52. The van der Waals surface area contributed by atoms with Crippen LogP contribution in [-0.4, -0.2) is 17.7 Å². The zero-order valence-electron chi connectivity index (χ0n) is 15.3. The van der Waals surface area contributed by atoms with E-state index in [0.29, 0.717) is 23.3 Å². The minimum atomic E-state index is -0.325. The second-order valence-electron chi connectivity index (χ2n) is 8.53. The topological polar surface area (TPSA) is 43.4 Å². The molecule has 0 N–H and O–H groups in total. The summed E-state index contributed by atoms with van der Waals surface area (Å²) in [7, 11) is 0. The molecule has 0 unspecified atom stereocenters. The first-order valence-electron chi connectivity index (χ1n) is 8.78. The number of carbonyl (C=O) groups excluding carboxylic acids is 2. The zero-order chi connectivity index (χ0) is 17.4. The summed E-state index contributed by atoms with van der Waals surface area (Å²) >= 11 is 0. The van der Waals surface area contributed by atoms with Gasteiger partial charge in [-0.1, -0.05) is 48.0 Å². The van der Waals surface area contributed by atoms with Crippen LogP contribution in [-0.2, 0) is 14.3 Å². The summed E-state index contributed by atoms with van der Waals surface area (Å²) in [6.45, 7) is 12.5. The van der Waals surface area contributed by atoms with Gasteiger partial charge in [0.15, 0.2) is 11.5 Å². The third-order valence-electron chi connectivity index (χ3n) is 5.09. The number of hydrogen-bond donors (Lipinski definition) is 0. The highest BCUT2D eigenvalue weighted by Gasteiger charge is 2.35. The normalized spacial score (nSPS) is 29.4. The molecule has 0 aromatic heterocycles. The van der Waals surface area contributed by atoms with Gasteiger partial charge in [-0.15, -0.1) is 0 Å². The van der Waals surface area contributed by atoms with E-state index in [-0.39, 0.29) is 28.8 Å². The van der Waals surface area contributed by atoms with Crippen molar-refractivity contribution in [1.29, 1.82) is 0 Å². The summed E-state index contributed by atoms with van der Waals surface area (Å²) in [4.78, 5) is 24.7. The number of ether oxygens (including phenoxy) is 1. The molecule has 2 aliphatic carbocycles. The molecule has 0 radical (unpaired) electrons. The van der Waals surface area contributed by atoms with E-state index in [1.54, 1.807) is 0 Å². The maximum absolute atomic E-state index is 12.4. The highest BCUT2D eigenvalue weighted by Crippen LogP contribution is 2.37. The van der Waals surface area contributed by atoms with Crippen LogP contribution in [0.4, 0.5) is 0 Å². The SMILES string of the molecule is CC(C)[C@@H]1CC[C@@H](C)C[C@H]1OC1=CC(=O)C(C(C)(C)C)=CC1=O. The second kappa shape index (κ2) is 6.62. The Morgan fingerprint density at radius 2 is 1.74 bits per heavy atom. The van der Waals surface area contributed by atoms with E-state index in [1.807, 2.05) is 20.8 Å². The lowest BCUT2D eigenvalue weighted by atomic mass is 9.75. The number of carbonyl (C=O) groups is 2. The van der Waals surface area contributed by atoms with E-state index in [4.69, 9.17) is 4.74 Å². The van der Waals surface area contributed by atoms with Crippen molar-refractivity contribution < 1.29 is 14.3 Å². The average molecular weight is 318 g/mol. The molecule has 1 fully saturated rings. The van der Waals surface area contributed by atoms with Crippen LogP contribution in [0.5, 0.6) is 0 Å². The van der Waals surface area contributed by atoms with Crippen molar-refractivity contribution >= 4 is 11.6 Å². The van der Waals surface area contributed by atoms with Gasteiger partial charge in [0.05, 0.1) is 0 Å². The van der Waals surface area contributed by atoms with Crippen LogP contribution in [0, 0.1) is 23.2 Å². The highest BCUT2D eigenvalue weighted by molar-refractivity contribution is 6.19. The van der Waals surface area contributed by atoms with Gasteiger partial charge in [-0.2, -0.15) is 0 Å². The molecular weight excluding hydrogens is 288 g/mol. The minimum Gasteiger partial charge on any atom is -0.486 e. The first kappa shape index (κ1) is 18.0. The van der Waals surface area contributed by atoms with Gasteiger partial charge < -0.3 is 4.74 Å². The van der Waals surface area contributed by atoms with Gasteiger partial charge >= 0.3 is 0 Å². The first-order chi connectivity index (χ1) is 10.6. The maximum Gasteiger partial charge on any atom is 0.220 e. The average Bonchev–Trinajstić information content (AvgIpc) is 2.41. The van der Waals surface area contributed by atoms with E-state index >= 15 is 0 Å². The molecule has 3 atom stereocenters. The van der Waals surface area contributed by atoms with Crippen molar-refractivity contribution in [1.82, 2.24) is 0 Å². The molecule has 0 spiro atoms. The summed E-state index contributed by atoms with van der Waals surface area (Å²) in [5.41, 5.74) is 0.237. The molecule has 0 amide bonds. The van der Waals surface area contributed by atoms with Gasteiger partial charge in [-0.3, -0.25) is 9.59 Å². The molecule has 0 aliphatic heterocycles. The molecule has 0 heterocycles. The Kier molecular flexibility index (Phi) is 5.17. The molecule has 3 heteroatoms. The van der Waals surface area contributed by atoms with Crippen LogP contribution in [0.25, 0.3) is 0 Å². The fourth-order valence-corrected chi connectivity index (χ4v) is 3.63. The van der Waals surface area contributed by atoms with Crippen LogP contribution >= 0.6 is 0 Å². The van der Waals surface area contributed by atoms with Gasteiger partial charge in [0, 0.05) is 11.6 Å². The van der Waals surface area contributed by atoms with Crippen molar-refractivity contribution in [2.24, 2.45) is 23.2 Å². The number of ketones is 2. The summed E-state index contributed by atoms with van der Waals surface area (Å²) < 4.78 is 6.07. The minimum absolute atomic E-state index is 0.0336. The number of allylic oxidation sites excluding steroid dienone is 3. The van der Waals surface area contributed by atoms with E-state index in [1.165, 1.54) is 18.6 Å². The predicted octanol–water partition coefficient (Wildman–Crippen LogP) is 4.47. The lowest BCUT2D eigenvalue weighted by Gasteiger charge is -2.37. The zero-order valence-corrected chi connectivity index (χ0v) is 15.3. The van der Waals surface area contributed by atoms with Gasteiger partial charge in [-0.05, 0) is 42.1 Å². The quantitative estimate of drug-likeness (QED) is 0.721. The van der Waals surface area contributed by atoms with Crippen LogP contribution in [0.15, 0.2) is 23.5 Å². The molecule has 128 valence electrons. The second-order valence-corrected chi connectivity index (χ2v) is 8.53. The van der Waals surface area contributed by atoms with E-state index in [2.05, 4.69) is 20.8 Å². The Balaban J connectivity index is 2.17. The van der Waals surface area contributed by atoms with Gasteiger partial charge in [0.1, 0.15) is 6.10 Å². The Morgan fingerprint density at radius 3 is 2.30 bits per heavy atom. The molecule has 0 aromatic rings. The Bertz CT molecular complexity index is 546. The van der Waals surface area contributed by atoms with Crippen LogP contribution in [0.1, 0.15) is 60.8 Å². The van der Waals surface area contributed by atoms with Gasteiger partial charge in [-0.25, -0.2) is 0 Å². The fourth-order valence-electron chi connectivity index (χ4n) is 3.63. The maximum atomic E-state index is 12.4. The predicted molar refractivity (Wildman–Crippen MR) is 91.9 cm³/mol. The molecule has 0 bridgehead atoms. The van der Waals surface area contributed by atoms with E-state index in [9.17, 15) is 9.59 Å². The Hall–Kier alpha value is -1.38. The fraction of sp³-hybridized carbons (Fsp3) is 0.700. The lowest BCUT2D eigenvalue weighted by molar-refractivity contribution is -0.120. The van der Waals surface area contributed by atoms with Gasteiger partial charge in [0.2, 0.25) is 5.78 Å². The third-order valence-corrected chi connectivity index (χ3v) is 5.09. The molecule has 2 rings (SSSR count). The third kappa shape index (κ3) is 4.13. The van der Waals surface area contributed by atoms with E-state index in [0.717, 1.165) is 12.8 Å². The Morgan fingerprint density at radius 1 is 1.09 bits per heavy atom. The number of hydrogen-bond acceptors (Lipinski definition) is 3.